The van der Waals surface area contributed by atoms with Gasteiger partial charge in [-0.1, -0.05) is 6.07 Å². The van der Waals surface area contributed by atoms with Gasteiger partial charge in [0.25, 0.3) is 5.56 Å². The fraction of sp³-hybridized carbons (Fsp3) is 0.360. The van der Waals surface area contributed by atoms with Gasteiger partial charge in [0.2, 0.25) is 5.95 Å². The number of aromatic nitrogens is 5. The molecule has 1 fully saturated rings. The zero-order chi connectivity index (χ0) is 23.2. The third kappa shape index (κ3) is 3.57. The van der Waals surface area contributed by atoms with Gasteiger partial charge in [-0.05, 0) is 62.2 Å². The fourth-order valence-corrected chi connectivity index (χ4v) is 4.66. The van der Waals surface area contributed by atoms with E-state index >= 15 is 0 Å². The van der Waals surface area contributed by atoms with Crippen LogP contribution in [0.15, 0.2) is 47.5 Å². The van der Waals surface area contributed by atoms with Gasteiger partial charge in [0.15, 0.2) is 5.65 Å². The Morgan fingerprint density at radius 3 is 2.82 bits per heavy atom. The second-order valence-corrected chi connectivity index (χ2v) is 9.19. The molecule has 9 nitrogen and oxygen atoms in total. The maximum atomic E-state index is 13.3. The van der Waals surface area contributed by atoms with Crippen LogP contribution in [0.5, 0.6) is 0 Å². The smallest absolute Gasteiger partial charge is 0.278 e. The summed E-state index contributed by atoms with van der Waals surface area (Å²) in [5.41, 5.74) is 5.85. The molecular weight excluding hydrogens is 430 g/mol. The summed E-state index contributed by atoms with van der Waals surface area (Å²) >= 11 is 0. The molecule has 6 rings (SSSR count). The predicted molar refractivity (Wildman–Crippen MR) is 130 cm³/mol. The summed E-state index contributed by atoms with van der Waals surface area (Å²) in [4.78, 5) is 27.1. The summed E-state index contributed by atoms with van der Waals surface area (Å²) < 4.78 is 8.96. The molecule has 2 N–H and O–H groups in total. The van der Waals surface area contributed by atoms with Gasteiger partial charge in [0.1, 0.15) is 5.39 Å². The number of anilines is 2. The highest BCUT2D eigenvalue weighted by Crippen LogP contribution is 2.26. The van der Waals surface area contributed by atoms with Gasteiger partial charge in [-0.25, -0.2) is 14.3 Å². The molecule has 174 valence electrons. The van der Waals surface area contributed by atoms with E-state index in [0.717, 1.165) is 36.6 Å². The van der Waals surface area contributed by atoms with Crippen molar-refractivity contribution in [2.75, 3.05) is 25.1 Å². The van der Waals surface area contributed by atoms with Gasteiger partial charge >= 0.3 is 0 Å². The van der Waals surface area contributed by atoms with E-state index in [2.05, 4.69) is 38.8 Å². The Morgan fingerprint density at radius 1 is 1.15 bits per heavy atom. The normalized spacial score (nSPS) is 16.0. The molecular formula is C25H27N7O2. The zero-order valence-electron chi connectivity index (χ0n) is 19.3. The second-order valence-electron chi connectivity index (χ2n) is 9.19. The zero-order valence-corrected chi connectivity index (χ0v) is 19.3. The molecule has 0 spiro atoms. The number of pyridine rings is 1. The fourth-order valence-electron chi connectivity index (χ4n) is 4.66. The van der Waals surface area contributed by atoms with E-state index in [0.29, 0.717) is 30.2 Å². The van der Waals surface area contributed by atoms with Crippen molar-refractivity contribution in [2.24, 2.45) is 0 Å². The number of benzene rings is 1. The van der Waals surface area contributed by atoms with Crippen LogP contribution in [0.2, 0.25) is 0 Å². The van der Waals surface area contributed by atoms with E-state index < -0.39 is 0 Å². The van der Waals surface area contributed by atoms with Crippen molar-refractivity contribution in [3.05, 3.63) is 69.9 Å². The van der Waals surface area contributed by atoms with E-state index in [-0.39, 0.29) is 17.5 Å². The number of rotatable bonds is 5. The molecule has 2 aliphatic rings. The van der Waals surface area contributed by atoms with Crippen LogP contribution < -0.4 is 16.2 Å². The molecule has 0 amide bonds. The molecule has 0 aliphatic carbocycles. The Morgan fingerprint density at radius 2 is 2.03 bits per heavy atom. The van der Waals surface area contributed by atoms with Crippen LogP contribution in [0.4, 0.5) is 11.6 Å². The molecule has 0 atom stereocenters. The van der Waals surface area contributed by atoms with Crippen LogP contribution in [0.1, 0.15) is 42.6 Å². The maximum Gasteiger partial charge on any atom is 0.278 e. The average Bonchev–Trinajstić information content (AvgIpc) is 3.10. The molecule has 0 bridgehead atoms. The van der Waals surface area contributed by atoms with Crippen molar-refractivity contribution in [1.82, 2.24) is 29.6 Å². The highest BCUT2D eigenvalue weighted by Gasteiger charge is 2.24. The minimum Gasteiger partial charge on any atom is -0.380 e. The van der Waals surface area contributed by atoms with E-state index in [1.807, 2.05) is 30.7 Å². The number of nitrogens with zero attached hydrogens (tertiary/aromatic N) is 5. The monoisotopic (exact) mass is 457 g/mol. The van der Waals surface area contributed by atoms with Crippen LogP contribution >= 0.6 is 0 Å². The van der Waals surface area contributed by atoms with Crippen LogP contribution in [-0.2, 0) is 17.7 Å². The third-order valence-electron chi connectivity index (χ3n) is 6.53. The first kappa shape index (κ1) is 21.0. The number of fused-ring (bicyclic) bond motifs is 2. The number of ether oxygens (including phenoxy) is 1. The predicted octanol–water partition coefficient (Wildman–Crippen LogP) is 3.06. The van der Waals surface area contributed by atoms with Crippen molar-refractivity contribution in [1.29, 1.82) is 0 Å². The lowest BCUT2D eigenvalue weighted by Crippen LogP contribution is -2.27. The van der Waals surface area contributed by atoms with Gasteiger partial charge in [-0.3, -0.25) is 9.78 Å². The van der Waals surface area contributed by atoms with E-state index in [1.165, 1.54) is 11.1 Å². The lowest BCUT2D eigenvalue weighted by molar-refractivity contribution is 0.00671. The molecule has 1 aromatic carbocycles. The van der Waals surface area contributed by atoms with E-state index in [1.54, 1.807) is 17.1 Å². The Kier molecular flexibility index (Phi) is 5.15. The first-order valence-corrected chi connectivity index (χ1v) is 11.7. The first-order chi connectivity index (χ1) is 16.6. The molecule has 0 saturated carbocycles. The molecule has 3 aromatic heterocycles. The molecule has 5 heterocycles. The summed E-state index contributed by atoms with van der Waals surface area (Å²) in [6.07, 6.45) is 4.43. The van der Waals surface area contributed by atoms with Crippen LogP contribution in [0.3, 0.4) is 0 Å². The second kappa shape index (κ2) is 8.34. The third-order valence-corrected chi connectivity index (χ3v) is 6.53. The summed E-state index contributed by atoms with van der Waals surface area (Å²) in [6, 6.07) is 10.2. The van der Waals surface area contributed by atoms with Gasteiger partial charge in [0.05, 0.1) is 24.6 Å². The van der Waals surface area contributed by atoms with Gasteiger partial charge in [0, 0.05) is 36.6 Å². The first-order valence-electron chi connectivity index (χ1n) is 11.7. The van der Waals surface area contributed by atoms with Crippen LogP contribution in [-0.4, -0.2) is 44.1 Å². The number of hydrogen-bond acceptors (Lipinski definition) is 7. The highest BCUT2D eigenvalue weighted by molar-refractivity contribution is 5.77. The summed E-state index contributed by atoms with van der Waals surface area (Å²) in [7, 11) is 0. The van der Waals surface area contributed by atoms with Crippen molar-refractivity contribution < 1.29 is 4.74 Å². The molecule has 2 aliphatic heterocycles. The van der Waals surface area contributed by atoms with E-state index in [4.69, 9.17) is 9.72 Å². The number of nitrogens with one attached hydrogen (secondary N) is 2. The topological polar surface area (TPSA) is 98.9 Å². The molecule has 0 radical (unpaired) electrons. The summed E-state index contributed by atoms with van der Waals surface area (Å²) in [5.74, 6) is 0.735. The Hall–Kier alpha value is -3.56. The standard InChI is InChI=1S/C25H27N7O2/c1-15(2)31-24(33)21-12-28-25(29-19-4-3-16-5-7-26-11-17(16)9-19)30-23(21)32(31)20-6-8-27-22(10-20)18-13-34-14-18/h3-4,6,8-10,12,15,18,26H,5,7,11,13-14H2,1-2H3,(H,28,29,30). The SMILES string of the molecule is CC(C)n1c(=O)c2cnc(Nc3ccc4c(c3)CNCC4)nc2n1-c1ccnc(C2COC2)c1. The Bertz CT molecular complexity index is 1440. The summed E-state index contributed by atoms with van der Waals surface area (Å²) in [6.45, 7) is 7.20. The Balaban J connectivity index is 1.44. The van der Waals surface area contributed by atoms with Gasteiger partial charge < -0.3 is 15.4 Å². The van der Waals surface area contributed by atoms with Crippen molar-refractivity contribution >= 4 is 22.7 Å². The lowest BCUT2D eigenvalue weighted by atomic mass is 10.0. The average molecular weight is 458 g/mol. The maximum absolute atomic E-state index is 13.3. The van der Waals surface area contributed by atoms with Crippen molar-refractivity contribution in [2.45, 2.75) is 38.8 Å². The molecule has 1 saturated heterocycles. The molecule has 9 heteroatoms. The van der Waals surface area contributed by atoms with E-state index in [9.17, 15) is 4.79 Å². The van der Waals surface area contributed by atoms with Crippen LogP contribution in [0.25, 0.3) is 16.7 Å². The molecule has 0 unspecified atom stereocenters. The molecule has 4 aromatic rings. The minimum atomic E-state index is -0.109. The lowest BCUT2D eigenvalue weighted by Gasteiger charge is -2.26. The number of hydrogen-bond donors (Lipinski definition) is 2. The highest BCUT2D eigenvalue weighted by atomic mass is 16.5. The van der Waals surface area contributed by atoms with Crippen LogP contribution in [0, 0.1) is 0 Å². The van der Waals surface area contributed by atoms with Crippen molar-refractivity contribution in [3.8, 4) is 5.69 Å². The largest absolute Gasteiger partial charge is 0.380 e. The quantitative estimate of drug-likeness (QED) is 0.475. The summed E-state index contributed by atoms with van der Waals surface area (Å²) in [5, 5.41) is 7.22. The molecule has 34 heavy (non-hydrogen) atoms. The minimum absolute atomic E-state index is 0.0603. The van der Waals surface area contributed by atoms with Crippen molar-refractivity contribution in [3.63, 3.8) is 0 Å². The van der Waals surface area contributed by atoms with Gasteiger partial charge in [-0.2, -0.15) is 4.98 Å². The van der Waals surface area contributed by atoms with Gasteiger partial charge in [-0.15, -0.1) is 0 Å². The Labute approximate surface area is 196 Å².